The molecule has 1 aliphatic rings. The summed E-state index contributed by atoms with van der Waals surface area (Å²) >= 11 is 13.7. The van der Waals surface area contributed by atoms with Crippen molar-refractivity contribution in [1.29, 1.82) is 0 Å². The van der Waals surface area contributed by atoms with Crippen molar-refractivity contribution in [3.8, 4) is 0 Å². The smallest absolute Gasteiger partial charge is 0.246 e. The van der Waals surface area contributed by atoms with Gasteiger partial charge >= 0.3 is 0 Å². The normalized spacial score (nSPS) is 16.9. The van der Waals surface area contributed by atoms with E-state index in [2.05, 4.69) is 35.9 Å². The van der Waals surface area contributed by atoms with E-state index in [0.717, 1.165) is 10.1 Å². The third-order valence-electron chi connectivity index (χ3n) is 4.08. The Morgan fingerprint density at radius 3 is 2.12 bits per heavy atom. The second-order valence-electron chi connectivity index (χ2n) is 7.08. The Balaban J connectivity index is 1.75. The van der Waals surface area contributed by atoms with Crippen LogP contribution in [0, 0.1) is 0 Å². The molecule has 0 unspecified atom stereocenters. The van der Waals surface area contributed by atoms with E-state index in [0.29, 0.717) is 26.2 Å². The van der Waals surface area contributed by atoms with Crippen molar-refractivity contribution in [3.05, 3.63) is 33.3 Å². The molecule has 2 aromatic rings. The van der Waals surface area contributed by atoms with Gasteiger partial charge in [-0.25, -0.2) is 8.42 Å². The van der Waals surface area contributed by atoms with Gasteiger partial charge in [-0.3, -0.25) is 0 Å². The number of halogens is 2. The highest BCUT2D eigenvalue weighted by Crippen LogP contribution is 2.33. The molecule has 1 aromatic heterocycles. The van der Waals surface area contributed by atoms with Crippen molar-refractivity contribution in [1.82, 2.24) is 14.5 Å². The fourth-order valence-electron chi connectivity index (χ4n) is 2.62. The summed E-state index contributed by atoms with van der Waals surface area (Å²) in [6.45, 7) is 8.04. The van der Waals surface area contributed by atoms with Crippen molar-refractivity contribution in [2.75, 3.05) is 31.1 Å². The van der Waals surface area contributed by atoms with Crippen LogP contribution in [0.5, 0.6) is 0 Å². The van der Waals surface area contributed by atoms with Gasteiger partial charge in [-0.05, 0) is 12.1 Å². The maximum Gasteiger partial charge on any atom is 0.246 e. The van der Waals surface area contributed by atoms with E-state index in [4.69, 9.17) is 23.2 Å². The zero-order chi connectivity index (χ0) is 19.1. The van der Waals surface area contributed by atoms with Gasteiger partial charge in [-0.2, -0.15) is 4.31 Å². The third-order valence-corrected chi connectivity index (χ3v) is 8.35. The second-order valence-corrected chi connectivity index (χ2v) is 10.7. The Hall–Kier alpha value is -0.930. The molecule has 0 N–H and O–H groups in total. The molecule has 2 heterocycles. The molecule has 1 aliphatic heterocycles. The fraction of sp³-hybridized carbons (Fsp3) is 0.500. The molecule has 0 aliphatic carbocycles. The quantitative estimate of drug-likeness (QED) is 0.736. The molecular weight excluding hydrogens is 415 g/mol. The molecule has 0 saturated carbocycles. The van der Waals surface area contributed by atoms with Crippen LogP contribution in [0.25, 0.3) is 0 Å². The zero-order valence-electron chi connectivity index (χ0n) is 14.7. The van der Waals surface area contributed by atoms with Crippen LogP contribution in [-0.2, 0) is 15.4 Å². The lowest BCUT2D eigenvalue weighted by molar-refractivity contribution is 0.384. The Kier molecular flexibility index (Phi) is 5.52. The van der Waals surface area contributed by atoms with Crippen LogP contribution >= 0.6 is 34.5 Å². The van der Waals surface area contributed by atoms with Crippen LogP contribution in [0.3, 0.4) is 0 Å². The largest absolute Gasteiger partial charge is 0.344 e. The molecular formula is C16H20Cl2N4O2S2. The van der Waals surface area contributed by atoms with Gasteiger partial charge in [0.05, 0.1) is 10.0 Å². The number of anilines is 1. The summed E-state index contributed by atoms with van der Waals surface area (Å²) in [4.78, 5) is 2.04. The van der Waals surface area contributed by atoms with Crippen LogP contribution in [0.2, 0.25) is 10.0 Å². The molecule has 142 valence electrons. The minimum Gasteiger partial charge on any atom is -0.344 e. The molecule has 6 nitrogen and oxygen atoms in total. The summed E-state index contributed by atoms with van der Waals surface area (Å²) in [7, 11) is -3.74. The number of nitrogens with zero attached hydrogens (tertiary/aromatic N) is 4. The summed E-state index contributed by atoms with van der Waals surface area (Å²) in [5.74, 6) is 0. The van der Waals surface area contributed by atoms with Crippen LogP contribution < -0.4 is 4.90 Å². The molecule has 3 rings (SSSR count). The van der Waals surface area contributed by atoms with Crippen LogP contribution in [0.4, 0.5) is 5.13 Å². The molecule has 26 heavy (non-hydrogen) atoms. The summed E-state index contributed by atoms with van der Waals surface area (Å²) in [5, 5.41) is 10.6. The maximum atomic E-state index is 12.9. The SMILES string of the molecule is CC(C)(C)c1nnc(N2CCN(S(=O)(=O)c3c(Cl)cccc3Cl)CC2)s1. The number of sulfonamides is 1. The van der Waals surface area contributed by atoms with E-state index in [1.807, 2.05) is 0 Å². The van der Waals surface area contributed by atoms with Crippen molar-refractivity contribution in [2.45, 2.75) is 31.1 Å². The zero-order valence-corrected chi connectivity index (χ0v) is 17.9. The van der Waals surface area contributed by atoms with Crippen LogP contribution in [0.15, 0.2) is 23.1 Å². The number of hydrogen-bond donors (Lipinski definition) is 0. The summed E-state index contributed by atoms with van der Waals surface area (Å²) in [6.07, 6.45) is 0. The molecule has 1 fully saturated rings. The lowest BCUT2D eigenvalue weighted by Crippen LogP contribution is -2.48. The van der Waals surface area contributed by atoms with E-state index in [1.165, 1.54) is 16.4 Å². The third kappa shape index (κ3) is 3.84. The highest BCUT2D eigenvalue weighted by molar-refractivity contribution is 7.89. The lowest BCUT2D eigenvalue weighted by Gasteiger charge is -2.33. The molecule has 0 atom stereocenters. The second kappa shape index (κ2) is 7.24. The monoisotopic (exact) mass is 434 g/mol. The standard InChI is InChI=1S/C16H20Cl2N4O2S2/c1-16(2,3)14-19-20-15(25-14)21-7-9-22(10-8-21)26(23,24)13-11(17)5-4-6-12(13)18/h4-6H,7-10H2,1-3H3. The summed E-state index contributed by atoms with van der Waals surface area (Å²) in [5.41, 5.74) is -0.0537. The molecule has 10 heteroatoms. The number of aromatic nitrogens is 2. The van der Waals surface area contributed by atoms with E-state index in [-0.39, 0.29) is 20.4 Å². The number of benzene rings is 1. The molecule has 0 spiro atoms. The van der Waals surface area contributed by atoms with Gasteiger partial charge in [-0.15, -0.1) is 10.2 Å². The lowest BCUT2D eigenvalue weighted by atomic mass is 9.98. The first kappa shape index (κ1) is 19.8. The van der Waals surface area contributed by atoms with Gasteiger partial charge < -0.3 is 4.90 Å². The van der Waals surface area contributed by atoms with Crippen molar-refractivity contribution in [2.24, 2.45) is 0 Å². The van der Waals surface area contributed by atoms with Gasteiger partial charge in [0.1, 0.15) is 9.90 Å². The van der Waals surface area contributed by atoms with Gasteiger partial charge in [-0.1, -0.05) is 61.4 Å². The van der Waals surface area contributed by atoms with Gasteiger partial charge in [0.2, 0.25) is 15.2 Å². The average molecular weight is 435 g/mol. The number of hydrogen-bond acceptors (Lipinski definition) is 6. The fourth-order valence-corrected chi connectivity index (χ4v) is 6.09. The predicted molar refractivity (Wildman–Crippen MR) is 106 cm³/mol. The number of rotatable bonds is 3. The van der Waals surface area contributed by atoms with Crippen LogP contribution in [-0.4, -0.2) is 49.1 Å². The van der Waals surface area contributed by atoms with E-state index in [9.17, 15) is 8.42 Å². The topological polar surface area (TPSA) is 66.4 Å². The first-order valence-corrected chi connectivity index (χ1v) is 11.1. The molecule has 0 bridgehead atoms. The van der Waals surface area contributed by atoms with E-state index in [1.54, 1.807) is 17.4 Å². The van der Waals surface area contributed by atoms with Gasteiger partial charge in [0.15, 0.2) is 0 Å². The van der Waals surface area contributed by atoms with Gasteiger partial charge in [0, 0.05) is 31.6 Å². The van der Waals surface area contributed by atoms with Crippen molar-refractivity contribution < 1.29 is 8.42 Å². The van der Waals surface area contributed by atoms with Crippen molar-refractivity contribution >= 4 is 49.7 Å². The number of piperazine rings is 1. The Bertz CT molecular complexity index is 881. The Morgan fingerprint density at radius 1 is 1.04 bits per heavy atom. The Labute approximate surface area is 167 Å². The van der Waals surface area contributed by atoms with E-state index < -0.39 is 10.0 Å². The highest BCUT2D eigenvalue weighted by Gasteiger charge is 2.33. The molecule has 0 amide bonds. The minimum atomic E-state index is -3.74. The minimum absolute atomic E-state index is 0.0253. The van der Waals surface area contributed by atoms with Crippen molar-refractivity contribution in [3.63, 3.8) is 0 Å². The first-order valence-electron chi connectivity index (χ1n) is 8.14. The highest BCUT2D eigenvalue weighted by atomic mass is 35.5. The van der Waals surface area contributed by atoms with E-state index >= 15 is 0 Å². The summed E-state index contributed by atoms with van der Waals surface area (Å²) < 4.78 is 27.3. The average Bonchev–Trinajstić information content (AvgIpc) is 3.05. The molecule has 1 aromatic carbocycles. The van der Waals surface area contributed by atoms with Gasteiger partial charge in [0.25, 0.3) is 0 Å². The van der Waals surface area contributed by atoms with Crippen LogP contribution in [0.1, 0.15) is 25.8 Å². The molecule has 1 saturated heterocycles. The maximum absolute atomic E-state index is 12.9. The first-order chi connectivity index (χ1) is 12.1. The summed E-state index contributed by atoms with van der Waals surface area (Å²) in [6, 6.07) is 4.70. The predicted octanol–water partition coefficient (Wildman–Crippen LogP) is 3.65. The Morgan fingerprint density at radius 2 is 1.62 bits per heavy atom. The molecule has 0 radical (unpaired) electrons.